The summed E-state index contributed by atoms with van der Waals surface area (Å²) in [6.45, 7) is 2.00. The second-order valence-corrected chi connectivity index (χ2v) is 6.24. The molecule has 3 aromatic heterocycles. The number of nitrogens with zero attached hydrogens (tertiary/aromatic N) is 3. The van der Waals surface area contributed by atoms with Gasteiger partial charge in [-0.05, 0) is 30.5 Å². The number of hydrogen-bond acceptors (Lipinski definition) is 5. The first kappa shape index (κ1) is 12.5. The predicted octanol–water partition coefficient (Wildman–Crippen LogP) is 2.91. The second-order valence-electron chi connectivity index (χ2n) is 4.42. The molecule has 3 aromatic rings. The molecular formula is C13H14N4S2. The van der Waals surface area contributed by atoms with Crippen molar-refractivity contribution in [3.63, 3.8) is 0 Å². The zero-order chi connectivity index (χ0) is 13.2. The first-order valence-electron chi connectivity index (χ1n) is 6.02. The third-order valence-electron chi connectivity index (χ3n) is 2.64. The molecule has 0 saturated heterocycles. The molecule has 0 amide bonds. The maximum absolute atomic E-state index is 5.83. The summed E-state index contributed by atoms with van der Waals surface area (Å²) in [4.78, 5) is 6.61. The predicted molar refractivity (Wildman–Crippen MR) is 81.5 cm³/mol. The Morgan fingerprint density at radius 3 is 3.05 bits per heavy atom. The third-order valence-corrected chi connectivity index (χ3v) is 4.34. The van der Waals surface area contributed by atoms with Crippen molar-refractivity contribution in [3.8, 4) is 0 Å². The highest BCUT2D eigenvalue weighted by Crippen LogP contribution is 2.17. The van der Waals surface area contributed by atoms with Crippen molar-refractivity contribution in [1.29, 1.82) is 0 Å². The first-order chi connectivity index (χ1) is 9.22. The normalized spacial score (nSPS) is 13.6. The summed E-state index contributed by atoms with van der Waals surface area (Å²) in [7, 11) is 0. The van der Waals surface area contributed by atoms with Gasteiger partial charge in [-0.3, -0.25) is 0 Å². The number of rotatable bonds is 4. The molecule has 0 saturated carbocycles. The molecule has 6 heteroatoms. The van der Waals surface area contributed by atoms with Crippen molar-refractivity contribution in [2.24, 2.45) is 5.73 Å². The zero-order valence-electron chi connectivity index (χ0n) is 10.5. The molecule has 1 atom stereocenters. The van der Waals surface area contributed by atoms with Crippen LogP contribution in [0.1, 0.15) is 23.3 Å². The van der Waals surface area contributed by atoms with E-state index in [1.54, 1.807) is 22.7 Å². The summed E-state index contributed by atoms with van der Waals surface area (Å²) in [6.07, 6.45) is 4.80. The van der Waals surface area contributed by atoms with Crippen LogP contribution >= 0.6 is 22.7 Å². The Kier molecular flexibility index (Phi) is 3.46. The average molecular weight is 290 g/mol. The van der Waals surface area contributed by atoms with Crippen LogP contribution in [0, 0.1) is 0 Å². The van der Waals surface area contributed by atoms with Crippen LogP contribution in [0.2, 0.25) is 0 Å². The van der Waals surface area contributed by atoms with Gasteiger partial charge < -0.3 is 5.73 Å². The highest BCUT2D eigenvalue weighted by Gasteiger charge is 2.09. The number of thiazole rings is 1. The van der Waals surface area contributed by atoms with Crippen LogP contribution in [-0.2, 0) is 6.42 Å². The lowest BCUT2D eigenvalue weighted by atomic mass is 10.2. The van der Waals surface area contributed by atoms with Crippen LogP contribution < -0.4 is 5.73 Å². The molecule has 2 N–H and O–H groups in total. The molecule has 0 spiro atoms. The Hall–Kier alpha value is -1.50. The molecule has 0 bridgehead atoms. The number of hydrogen-bond donors (Lipinski definition) is 1. The van der Waals surface area contributed by atoms with E-state index < -0.39 is 0 Å². The van der Waals surface area contributed by atoms with E-state index in [2.05, 4.69) is 26.9 Å². The number of fused-ring (bicyclic) bond motifs is 1. The fourth-order valence-electron chi connectivity index (χ4n) is 1.82. The Balaban J connectivity index is 1.87. The van der Waals surface area contributed by atoms with Gasteiger partial charge in [-0.25, -0.2) is 4.52 Å². The number of nitrogens with two attached hydrogens (primary N) is 1. The van der Waals surface area contributed by atoms with E-state index in [1.165, 1.54) is 4.88 Å². The van der Waals surface area contributed by atoms with Crippen molar-refractivity contribution >= 4 is 39.8 Å². The van der Waals surface area contributed by atoms with Crippen molar-refractivity contribution in [2.75, 3.05) is 0 Å². The minimum atomic E-state index is 0.132. The van der Waals surface area contributed by atoms with Crippen molar-refractivity contribution in [3.05, 3.63) is 39.3 Å². The van der Waals surface area contributed by atoms with Crippen LogP contribution in [0.5, 0.6) is 0 Å². The summed E-state index contributed by atoms with van der Waals surface area (Å²) < 4.78 is 1.89. The molecule has 19 heavy (non-hydrogen) atoms. The van der Waals surface area contributed by atoms with Crippen molar-refractivity contribution < 1.29 is 0 Å². The quantitative estimate of drug-likeness (QED) is 0.804. The van der Waals surface area contributed by atoms with Gasteiger partial charge in [-0.15, -0.1) is 27.8 Å². The van der Waals surface area contributed by atoms with Gasteiger partial charge in [0.15, 0.2) is 5.82 Å². The molecule has 3 heterocycles. The molecule has 0 aliphatic heterocycles. The van der Waals surface area contributed by atoms with E-state index in [9.17, 15) is 0 Å². The summed E-state index contributed by atoms with van der Waals surface area (Å²) in [6, 6.07) is 4.23. The van der Waals surface area contributed by atoms with Crippen LogP contribution in [0.15, 0.2) is 22.9 Å². The molecule has 0 aromatic carbocycles. The first-order valence-corrected chi connectivity index (χ1v) is 7.78. The SMILES string of the molecule is CC(N)Cc1csc2nc(/C=C/c3cccs3)nn12. The topological polar surface area (TPSA) is 56.2 Å². The lowest BCUT2D eigenvalue weighted by Crippen LogP contribution is -2.18. The van der Waals surface area contributed by atoms with Gasteiger partial charge in [0.2, 0.25) is 4.96 Å². The Labute approximate surface area is 119 Å². The van der Waals surface area contributed by atoms with Gasteiger partial charge >= 0.3 is 0 Å². The van der Waals surface area contributed by atoms with Crippen molar-refractivity contribution in [2.45, 2.75) is 19.4 Å². The van der Waals surface area contributed by atoms with E-state index in [0.717, 1.165) is 22.9 Å². The smallest absolute Gasteiger partial charge is 0.212 e. The summed E-state index contributed by atoms with van der Waals surface area (Å²) in [5, 5.41) is 8.63. The molecule has 1 unspecified atom stereocenters. The molecule has 0 fully saturated rings. The van der Waals surface area contributed by atoms with E-state index >= 15 is 0 Å². The fourth-order valence-corrected chi connectivity index (χ4v) is 3.28. The minimum Gasteiger partial charge on any atom is -0.328 e. The van der Waals surface area contributed by atoms with Gasteiger partial charge in [0.1, 0.15) is 0 Å². The maximum Gasteiger partial charge on any atom is 0.212 e. The molecular weight excluding hydrogens is 276 g/mol. The number of thiophene rings is 1. The van der Waals surface area contributed by atoms with E-state index in [0.29, 0.717) is 0 Å². The van der Waals surface area contributed by atoms with Gasteiger partial charge in [0, 0.05) is 22.7 Å². The summed E-state index contributed by atoms with van der Waals surface area (Å²) >= 11 is 3.30. The van der Waals surface area contributed by atoms with Crippen LogP contribution in [-0.4, -0.2) is 20.6 Å². The molecule has 98 valence electrons. The van der Waals surface area contributed by atoms with Gasteiger partial charge in [0.05, 0.1) is 5.69 Å². The zero-order valence-corrected chi connectivity index (χ0v) is 12.1. The lowest BCUT2D eigenvalue weighted by molar-refractivity contribution is 0.702. The van der Waals surface area contributed by atoms with Gasteiger partial charge in [0.25, 0.3) is 0 Å². The Bertz CT molecular complexity index is 691. The molecule has 4 nitrogen and oxygen atoms in total. The van der Waals surface area contributed by atoms with Crippen LogP contribution in [0.4, 0.5) is 0 Å². The summed E-state index contributed by atoms with van der Waals surface area (Å²) in [5.74, 6) is 0.742. The highest BCUT2D eigenvalue weighted by atomic mass is 32.1. The standard InChI is InChI=1S/C13H14N4S2/c1-9(14)7-10-8-19-13-15-12(16-17(10)13)5-4-11-3-2-6-18-11/h2-6,8-9H,7,14H2,1H3/b5-4+. The minimum absolute atomic E-state index is 0.132. The largest absolute Gasteiger partial charge is 0.328 e. The molecule has 0 aliphatic rings. The van der Waals surface area contributed by atoms with E-state index in [1.807, 2.05) is 29.7 Å². The van der Waals surface area contributed by atoms with E-state index in [-0.39, 0.29) is 6.04 Å². The summed E-state index contributed by atoms with van der Waals surface area (Å²) in [5.41, 5.74) is 6.96. The van der Waals surface area contributed by atoms with Crippen LogP contribution in [0.3, 0.4) is 0 Å². The maximum atomic E-state index is 5.83. The second kappa shape index (κ2) is 5.24. The Morgan fingerprint density at radius 2 is 2.32 bits per heavy atom. The third kappa shape index (κ3) is 2.75. The monoisotopic (exact) mass is 290 g/mol. The van der Waals surface area contributed by atoms with Crippen molar-refractivity contribution in [1.82, 2.24) is 14.6 Å². The van der Waals surface area contributed by atoms with Gasteiger partial charge in [-0.2, -0.15) is 4.98 Å². The van der Waals surface area contributed by atoms with Gasteiger partial charge in [-0.1, -0.05) is 6.07 Å². The fraction of sp³-hybridized carbons (Fsp3) is 0.231. The molecule has 0 aliphatic carbocycles. The molecule has 0 radical (unpaired) electrons. The average Bonchev–Trinajstić information content (AvgIpc) is 3.04. The Morgan fingerprint density at radius 1 is 1.42 bits per heavy atom. The number of aromatic nitrogens is 3. The lowest BCUT2D eigenvalue weighted by Gasteiger charge is -2.01. The van der Waals surface area contributed by atoms with E-state index in [4.69, 9.17) is 5.73 Å². The van der Waals surface area contributed by atoms with Crippen LogP contribution in [0.25, 0.3) is 17.1 Å². The molecule has 3 rings (SSSR count). The highest BCUT2D eigenvalue weighted by molar-refractivity contribution is 7.15.